The number of amides is 1. The second-order valence-electron chi connectivity index (χ2n) is 7.49. The first-order valence-electron chi connectivity index (χ1n) is 10.1. The molecule has 0 spiro atoms. The first-order valence-corrected chi connectivity index (χ1v) is 10.5. The van der Waals surface area contributed by atoms with Crippen LogP contribution < -0.4 is 5.32 Å². The van der Waals surface area contributed by atoms with Crippen LogP contribution in [-0.2, 0) is 11.3 Å². The van der Waals surface area contributed by atoms with Crippen molar-refractivity contribution < 1.29 is 13.7 Å². The SMILES string of the molecule is Cc1cccc(-c2noc(-c3nn(CC(=O)Nc4ccc(F)c(Cl)c4)c4ccccc34)n2)c1. The number of carbonyl (C=O) groups is 1. The lowest BCUT2D eigenvalue weighted by molar-refractivity contribution is -0.116. The van der Waals surface area contributed by atoms with E-state index in [1.807, 2.05) is 55.5 Å². The molecule has 1 N–H and O–H groups in total. The normalized spacial score (nSPS) is 11.1. The van der Waals surface area contributed by atoms with Gasteiger partial charge in [0.25, 0.3) is 5.89 Å². The summed E-state index contributed by atoms with van der Waals surface area (Å²) >= 11 is 5.79. The zero-order valence-corrected chi connectivity index (χ0v) is 18.2. The summed E-state index contributed by atoms with van der Waals surface area (Å²) in [5, 5.41) is 12.1. The number of rotatable bonds is 5. The molecule has 0 unspecified atom stereocenters. The highest BCUT2D eigenvalue weighted by Crippen LogP contribution is 2.29. The van der Waals surface area contributed by atoms with Crippen molar-refractivity contribution in [1.82, 2.24) is 19.9 Å². The molecular formula is C24H17ClFN5O2. The summed E-state index contributed by atoms with van der Waals surface area (Å²) < 4.78 is 20.4. The maximum Gasteiger partial charge on any atom is 0.279 e. The minimum absolute atomic E-state index is 0.0690. The molecular weight excluding hydrogens is 445 g/mol. The van der Waals surface area contributed by atoms with Crippen LogP contribution in [-0.4, -0.2) is 25.8 Å². The molecule has 1 amide bonds. The van der Waals surface area contributed by atoms with Crippen molar-refractivity contribution in [1.29, 1.82) is 0 Å². The molecule has 2 heterocycles. The molecule has 0 bridgehead atoms. The summed E-state index contributed by atoms with van der Waals surface area (Å²) in [7, 11) is 0. The Bertz CT molecular complexity index is 1490. The van der Waals surface area contributed by atoms with Crippen LogP contribution in [0.1, 0.15) is 5.56 Å². The maximum absolute atomic E-state index is 13.4. The third-order valence-corrected chi connectivity index (χ3v) is 5.35. The van der Waals surface area contributed by atoms with Gasteiger partial charge in [0.1, 0.15) is 12.4 Å². The van der Waals surface area contributed by atoms with Crippen molar-refractivity contribution in [2.45, 2.75) is 13.5 Å². The van der Waals surface area contributed by atoms with Crippen LogP contribution in [0.15, 0.2) is 71.3 Å². The van der Waals surface area contributed by atoms with Crippen molar-refractivity contribution in [2.75, 3.05) is 5.32 Å². The van der Waals surface area contributed by atoms with Gasteiger partial charge in [0.05, 0.1) is 10.5 Å². The molecule has 0 fully saturated rings. The van der Waals surface area contributed by atoms with Crippen molar-refractivity contribution in [3.63, 3.8) is 0 Å². The van der Waals surface area contributed by atoms with Gasteiger partial charge in [-0.1, -0.05) is 58.7 Å². The molecule has 0 aliphatic heterocycles. The molecule has 0 saturated carbocycles. The van der Waals surface area contributed by atoms with E-state index in [2.05, 4.69) is 20.6 Å². The quantitative estimate of drug-likeness (QED) is 0.374. The largest absolute Gasteiger partial charge is 0.332 e. The fourth-order valence-electron chi connectivity index (χ4n) is 3.54. The van der Waals surface area contributed by atoms with Gasteiger partial charge in [-0.15, -0.1) is 0 Å². The zero-order valence-electron chi connectivity index (χ0n) is 17.4. The van der Waals surface area contributed by atoms with E-state index in [1.165, 1.54) is 18.2 Å². The van der Waals surface area contributed by atoms with Gasteiger partial charge >= 0.3 is 0 Å². The minimum atomic E-state index is -0.554. The van der Waals surface area contributed by atoms with Gasteiger partial charge in [-0.25, -0.2) is 4.39 Å². The number of halogens is 2. The Balaban J connectivity index is 1.45. The molecule has 3 aromatic carbocycles. The van der Waals surface area contributed by atoms with Crippen molar-refractivity contribution >= 4 is 34.1 Å². The van der Waals surface area contributed by atoms with E-state index in [4.69, 9.17) is 16.1 Å². The van der Waals surface area contributed by atoms with Crippen LogP contribution in [0.3, 0.4) is 0 Å². The van der Waals surface area contributed by atoms with E-state index >= 15 is 0 Å². The maximum atomic E-state index is 13.4. The summed E-state index contributed by atoms with van der Waals surface area (Å²) in [6.07, 6.45) is 0. The number of para-hydroxylation sites is 1. The Morgan fingerprint density at radius 2 is 1.97 bits per heavy atom. The number of benzene rings is 3. The fourth-order valence-corrected chi connectivity index (χ4v) is 3.72. The Morgan fingerprint density at radius 3 is 2.79 bits per heavy atom. The number of carbonyl (C=O) groups excluding carboxylic acids is 1. The van der Waals surface area contributed by atoms with Crippen LogP contribution in [0.5, 0.6) is 0 Å². The Morgan fingerprint density at radius 1 is 1.12 bits per heavy atom. The molecule has 0 aliphatic carbocycles. The summed E-state index contributed by atoms with van der Waals surface area (Å²) in [6, 6.07) is 19.2. The van der Waals surface area contributed by atoms with E-state index in [1.54, 1.807) is 4.68 Å². The summed E-state index contributed by atoms with van der Waals surface area (Å²) in [4.78, 5) is 17.1. The first kappa shape index (κ1) is 20.8. The van der Waals surface area contributed by atoms with Crippen LogP contribution in [0, 0.1) is 12.7 Å². The van der Waals surface area contributed by atoms with Gasteiger partial charge in [-0.2, -0.15) is 10.1 Å². The predicted octanol–water partition coefficient (Wildman–Crippen LogP) is 5.49. The predicted molar refractivity (Wildman–Crippen MR) is 123 cm³/mol. The third-order valence-electron chi connectivity index (χ3n) is 5.06. The van der Waals surface area contributed by atoms with Gasteiger partial charge in [0, 0.05) is 16.6 Å². The number of hydrogen-bond acceptors (Lipinski definition) is 5. The molecule has 9 heteroatoms. The Hall–Kier alpha value is -4.04. The van der Waals surface area contributed by atoms with Crippen molar-refractivity contribution in [3.8, 4) is 23.0 Å². The average Bonchev–Trinajstić information content (AvgIpc) is 3.42. The van der Waals surface area contributed by atoms with Gasteiger partial charge in [-0.3, -0.25) is 9.48 Å². The third kappa shape index (κ3) is 4.20. The van der Waals surface area contributed by atoms with Gasteiger partial charge in [0.15, 0.2) is 5.69 Å². The van der Waals surface area contributed by atoms with Gasteiger partial charge < -0.3 is 9.84 Å². The van der Waals surface area contributed by atoms with Crippen LogP contribution >= 0.6 is 11.6 Å². The molecule has 2 aromatic heterocycles. The molecule has 7 nitrogen and oxygen atoms in total. The number of nitrogens with zero attached hydrogens (tertiary/aromatic N) is 4. The molecule has 0 atom stereocenters. The summed E-state index contributed by atoms with van der Waals surface area (Å²) in [5.41, 5.74) is 3.53. The topological polar surface area (TPSA) is 85.8 Å². The number of fused-ring (bicyclic) bond motifs is 1. The highest BCUT2D eigenvalue weighted by Gasteiger charge is 2.20. The highest BCUT2D eigenvalue weighted by molar-refractivity contribution is 6.31. The van der Waals surface area contributed by atoms with Crippen LogP contribution in [0.2, 0.25) is 5.02 Å². The smallest absolute Gasteiger partial charge is 0.279 e. The molecule has 0 saturated heterocycles. The molecule has 33 heavy (non-hydrogen) atoms. The highest BCUT2D eigenvalue weighted by atomic mass is 35.5. The summed E-state index contributed by atoms with van der Waals surface area (Å²) in [5.74, 6) is -0.184. The van der Waals surface area contributed by atoms with E-state index in [0.29, 0.717) is 17.2 Å². The lowest BCUT2D eigenvalue weighted by atomic mass is 10.1. The minimum Gasteiger partial charge on any atom is -0.332 e. The second kappa shape index (κ2) is 8.48. The molecule has 0 aliphatic rings. The number of anilines is 1. The fraction of sp³-hybridized carbons (Fsp3) is 0.0833. The van der Waals surface area contributed by atoms with Gasteiger partial charge in [-0.05, 0) is 37.3 Å². The standard InChI is InChI=1S/C24H17ClFN5O2/c1-14-5-4-6-15(11-14)23-28-24(33-30-23)22-17-7-2-3-8-20(17)31(29-22)13-21(32)27-16-9-10-19(26)18(25)12-16/h2-12H,13H2,1H3,(H,27,32). The van der Waals surface area contributed by atoms with Gasteiger partial charge in [0.2, 0.25) is 11.7 Å². The van der Waals surface area contributed by atoms with E-state index in [-0.39, 0.29) is 23.4 Å². The molecule has 5 aromatic rings. The van der Waals surface area contributed by atoms with E-state index < -0.39 is 5.82 Å². The lowest BCUT2D eigenvalue weighted by Gasteiger charge is -2.07. The monoisotopic (exact) mass is 461 g/mol. The van der Waals surface area contributed by atoms with Crippen molar-refractivity contribution in [3.05, 3.63) is 83.1 Å². The van der Waals surface area contributed by atoms with E-state index in [0.717, 1.165) is 22.0 Å². The Labute approximate surface area is 192 Å². The van der Waals surface area contributed by atoms with E-state index in [9.17, 15) is 9.18 Å². The molecule has 164 valence electrons. The summed E-state index contributed by atoms with van der Waals surface area (Å²) in [6.45, 7) is 1.92. The number of aromatic nitrogens is 4. The second-order valence-corrected chi connectivity index (χ2v) is 7.90. The van der Waals surface area contributed by atoms with Crippen LogP contribution in [0.25, 0.3) is 33.9 Å². The number of nitrogens with one attached hydrogen (secondary N) is 1. The number of hydrogen-bond donors (Lipinski definition) is 1. The van der Waals surface area contributed by atoms with Crippen LogP contribution in [0.4, 0.5) is 10.1 Å². The van der Waals surface area contributed by atoms with Crippen molar-refractivity contribution in [2.24, 2.45) is 0 Å². The first-order chi connectivity index (χ1) is 16.0. The zero-order chi connectivity index (χ0) is 22.9. The lowest BCUT2D eigenvalue weighted by Crippen LogP contribution is -2.19. The molecule has 5 rings (SSSR count). The average molecular weight is 462 g/mol. The Kier molecular flexibility index (Phi) is 5.35. The number of aryl methyl sites for hydroxylation is 1. The molecule has 0 radical (unpaired) electrons.